The van der Waals surface area contributed by atoms with E-state index in [1.165, 1.54) is 34.0 Å². The number of aryl methyl sites for hydroxylation is 2. The van der Waals surface area contributed by atoms with Crippen LogP contribution in [-0.2, 0) is 9.53 Å². The van der Waals surface area contributed by atoms with Crippen molar-refractivity contribution in [1.29, 1.82) is 0 Å². The van der Waals surface area contributed by atoms with Crippen LogP contribution in [0.1, 0.15) is 39.5 Å². The monoisotopic (exact) mass is 371 g/mol. The lowest BCUT2D eigenvalue weighted by atomic mass is 10.0. The van der Waals surface area contributed by atoms with Crippen molar-refractivity contribution in [3.8, 4) is 0 Å². The molecule has 2 aromatic carbocycles. The SMILES string of the molecule is CCOC(=O)c1ccccc1NC(=O)CSc1c(C)c(C)cc(C)c1C. The fraction of sp³-hybridized carbons (Fsp3) is 0.333. The fourth-order valence-corrected chi connectivity index (χ4v) is 3.80. The molecule has 0 heterocycles. The standard InChI is InChI=1S/C21H25NO3S/c1-6-25-21(24)17-9-7-8-10-18(17)22-19(23)12-26-20-15(4)13(2)11-14(3)16(20)5/h7-11H,6,12H2,1-5H3,(H,22,23). The van der Waals surface area contributed by atoms with Crippen LogP contribution in [0.3, 0.4) is 0 Å². The van der Waals surface area contributed by atoms with Gasteiger partial charge in [-0.25, -0.2) is 4.79 Å². The highest BCUT2D eigenvalue weighted by Crippen LogP contribution is 2.31. The van der Waals surface area contributed by atoms with Gasteiger partial charge in [-0.1, -0.05) is 18.2 Å². The first kappa shape index (κ1) is 20.0. The number of benzene rings is 2. The Morgan fingerprint density at radius 1 is 1.04 bits per heavy atom. The van der Waals surface area contributed by atoms with E-state index in [9.17, 15) is 9.59 Å². The Balaban J connectivity index is 2.11. The third-order valence-electron chi connectivity index (χ3n) is 4.34. The van der Waals surface area contributed by atoms with E-state index in [0.717, 1.165) is 4.90 Å². The van der Waals surface area contributed by atoms with Gasteiger partial charge >= 0.3 is 5.97 Å². The highest BCUT2D eigenvalue weighted by Gasteiger charge is 2.15. The maximum absolute atomic E-state index is 12.4. The number of para-hydroxylation sites is 1. The van der Waals surface area contributed by atoms with Crippen molar-refractivity contribution < 1.29 is 14.3 Å². The average molecular weight is 372 g/mol. The minimum atomic E-state index is -0.433. The number of thioether (sulfide) groups is 1. The van der Waals surface area contributed by atoms with Crippen molar-refractivity contribution >= 4 is 29.3 Å². The number of ether oxygens (including phenoxy) is 1. The molecule has 0 aliphatic heterocycles. The largest absolute Gasteiger partial charge is 0.462 e. The topological polar surface area (TPSA) is 55.4 Å². The van der Waals surface area contributed by atoms with Crippen LogP contribution in [0.25, 0.3) is 0 Å². The van der Waals surface area contributed by atoms with Gasteiger partial charge in [0.1, 0.15) is 0 Å². The summed E-state index contributed by atoms with van der Waals surface area (Å²) in [7, 11) is 0. The minimum Gasteiger partial charge on any atom is -0.462 e. The number of rotatable bonds is 6. The van der Waals surface area contributed by atoms with Gasteiger partial charge in [0.25, 0.3) is 0 Å². The van der Waals surface area contributed by atoms with Crippen molar-refractivity contribution in [2.75, 3.05) is 17.7 Å². The van der Waals surface area contributed by atoms with Crippen LogP contribution in [0.4, 0.5) is 5.69 Å². The number of esters is 1. The van der Waals surface area contributed by atoms with Gasteiger partial charge in [0.2, 0.25) is 5.91 Å². The molecule has 1 N–H and O–H groups in total. The lowest BCUT2D eigenvalue weighted by molar-refractivity contribution is -0.113. The molecule has 0 unspecified atom stereocenters. The van der Waals surface area contributed by atoms with E-state index in [1.54, 1.807) is 31.2 Å². The van der Waals surface area contributed by atoms with Gasteiger partial charge in [0, 0.05) is 4.90 Å². The smallest absolute Gasteiger partial charge is 0.340 e. The Labute approximate surface area is 159 Å². The molecule has 2 rings (SSSR count). The molecule has 0 bridgehead atoms. The molecule has 0 aliphatic rings. The Hall–Kier alpha value is -2.27. The predicted molar refractivity (Wildman–Crippen MR) is 107 cm³/mol. The van der Waals surface area contributed by atoms with Crippen molar-refractivity contribution in [2.24, 2.45) is 0 Å². The molecule has 1 amide bonds. The van der Waals surface area contributed by atoms with E-state index in [1.807, 2.05) is 0 Å². The Kier molecular flexibility index (Phi) is 6.86. The molecule has 5 heteroatoms. The van der Waals surface area contributed by atoms with E-state index in [4.69, 9.17) is 4.74 Å². The number of carbonyl (C=O) groups is 2. The van der Waals surface area contributed by atoms with Crippen molar-refractivity contribution in [1.82, 2.24) is 0 Å². The average Bonchev–Trinajstić information content (AvgIpc) is 2.60. The molecular formula is C21H25NO3S. The molecule has 0 fully saturated rings. The minimum absolute atomic E-state index is 0.148. The van der Waals surface area contributed by atoms with E-state index < -0.39 is 5.97 Å². The highest BCUT2D eigenvalue weighted by molar-refractivity contribution is 8.00. The summed E-state index contributed by atoms with van der Waals surface area (Å²) in [6, 6.07) is 9.06. The number of amides is 1. The van der Waals surface area contributed by atoms with Crippen molar-refractivity contribution in [3.05, 3.63) is 58.1 Å². The Morgan fingerprint density at radius 3 is 2.27 bits per heavy atom. The number of hydrogen-bond donors (Lipinski definition) is 1. The second kappa shape index (κ2) is 8.90. The van der Waals surface area contributed by atoms with Gasteiger partial charge in [-0.3, -0.25) is 4.79 Å². The van der Waals surface area contributed by atoms with Crippen LogP contribution < -0.4 is 5.32 Å². The van der Waals surface area contributed by atoms with Crippen LogP contribution >= 0.6 is 11.8 Å². The highest BCUT2D eigenvalue weighted by atomic mass is 32.2. The normalized spacial score (nSPS) is 10.5. The first-order valence-corrected chi connectivity index (χ1v) is 9.59. The second-order valence-electron chi connectivity index (χ2n) is 6.19. The van der Waals surface area contributed by atoms with Crippen molar-refractivity contribution in [2.45, 2.75) is 39.5 Å². The van der Waals surface area contributed by atoms with Crippen LogP contribution in [-0.4, -0.2) is 24.2 Å². The summed E-state index contributed by atoms with van der Waals surface area (Å²) in [5.74, 6) is -0.302. The lowest BCUT2D eigenvalue weighted by Gasteiger charge is -2.15. The van der Waals surface area contributed by atoms with Crippen molar-refractivity contribution in [3.63, 3.8) is 0 Å². The Bertz CT molecular complexity index is 804. The molecule has 0 spiro atoms. The maximum Gasteiger partial charge on any atom is 0.340 e. The fourth-order valence-electron chi connectivity index (χ4n) is 2.70. The van der Waals surface area contributed by atoms with Gasteiger partial charge in [-0.2, -0.15) is 0 Å². The summed E-state index contributed by atoms with van der Waals surface area (Å²) in [5.41, 5.74) is 5.71. The van der Waals surface area contributed by atoms with Gasteiger partial charge in [-0.05, 0) is 69.0 Å². The van der Waals surface area contributed by atoms with E-state index in [2.05, 4.69) is 39.1 Å². The van der Waals surface area contributed by atoms with Crippen LogP contribution in [0.5, 0.6) is 0 Å². The molecule has 0 aliphatic carbocycles. The number of anilines is 1. The molecule has 0 aromatic heterocycles. The van der Waals surface area contributed by atoms with Crippen LogP contribution in [0.15, 0.2) is 35.2 Å². The maximum atomic E-state index is 12.4. The summed E-state index contributed by atoms with van der Waals surface area (Å²) >= 11 is 1.53. The predicted octanol–water partition coefficient (Wildman–Crippen LogP) is 4.83. The zero-order chi connectivity index (χ0) is 19.3. The number of carbonyl (C=O) groups excluding carboxylic acids is 2. The number of hydrogen-bond acceptors (Lipinski definition) is 4. The van der Waals surface area contributed by atoms with E-state index >= 15 is 0 Å². The first-order chi connectivity index (χ1) is 12.3. The number of nitrogens with one attached hydrogen (secondary N) is 1. The van der Waals surface area contributed by atoms with Gasteiger partial charge < -0.3 is 10.1 Å². The van der Waals surface area contributed by atoms with Crippen LogP contribution in [0, 0.1) is 27.7 Å². The first-order valence-electron chi connectivity index (χ1n) is 8.61. The van der Waals surface area contributed by atoms with E-state index in [-0.39, 0.29) is 11.7 Å². The second-order valence-corrected chi connectivity index (χ2v) is 7.18. The summed E-state index contributed by atoms with van der Waals surface area (Å²) in [6.45, 7) is 10.4. The molecule has 4 nitrogen and oxygen atoms in total. The lowest BCUT2D eigenvalue weighted by Crippen LogP contribution is -2.17. The Morgan fingerprint density at radius 2 is 1.65 bits per heavy atom. The van der Waals surface area contributed by atoms with Gasteiger partial charge in [-0.15, -0.1) is 11.8 Å². The molecule has 0 radical (unpaired) electrons. The third kappa shape index (κ3) is 4.67. The molecular weight excluding hydrogens is 346 g/mol. The summed E-state index contributed by atoms with van der Waals surface area (Å²) < 4.78 is 5.04. The summed E-state index contributed by atoms with van der Waals surface area (Å²) in [4.78, 5) is 25.6. The zero-order valence-corrected chi connectivity index (χ0v) is 16.8. The van der Waals surface area contributed by atoms with Gasteiger partial charge in [0.15, 0.2) is 0 Å². The summed E-state index contributed by atoms with van der Waals surface area (Å²) in [6.07, 6.45) is 0. The molecule has 0 atom stereocenters. The van der Waals surface area contributed by atoms with E-state index in [0.29, 0.717) is 17.9 Å². The summed E-state index contributed by atoms with van der Waals surface area (Å²) in [5, 5.41) is 2.83. The molecule has 0 saturated carbocycles. The third-order valence-corrected chi connectivity index (χ3v) is 5.65. The zero-order valence-electron chi connectivity index (χ0n) is 15.9. The molecule has 2 aromatic rings. The quantitative estimate of drug-likeness (QED) is 0.584. The van der Waals surface area contributed by atoms with Gasteiger partial charge in [0.05, 0.1) is 23.6 Å². The molecule has 26 heavy (non-hydrogen) atoms. The molecule has 138 valence electrons. The molecule has 0 saturated heterocycles. The van der Waals surface area contributed by atoms with Crippen LogP contribution in [0.2, 0.25) is 0 Å².